The van der Waals surface area contributed by atoms with E-state index in [0.717, 1.165) is 10.9 Å². The van der Waals surface area contributed by atoms with Gasteiger partial charge in [0.05, 0.1) is 9.99 Å². The molecule has 0 saturated carbocycles. The van der Waals surface area contributed by atoms with Crippen LogP contribution in [-0.2, 0) is 6.54 Å². The summed E-state index contributed by atoms with van der Waals surface area (Å²) in [5.41, 5.74) is 7.21. The quantitative estimate of drug-likeness (QED) is 0.729. The summed E-state index contributed by atoms with van der Waals surface area (Å²) in [7, 11) is 0. The van der Waals surface area contributed by atoms with Crippen LogP contribution in [0.25, 0.3) is 10.9 Å². The van der Waals surface area contributed by atoms with Crippen molar-refractivity contribution in [2.75, 3.05) is 5.32 Å². The van der Waals surface area contributed by atoms with Gasteiger partial charge in [-0.15, -0.1) is 0 Å². The summed E-state index contributed by atoms with van der Waals surface area (Å²) in [6, 6.07) is 13.8. The molecule has 3 rings (SSSR count). The van der Waals surface area contributed by atoms with Gasteiger partial charge in [0.15, 0.2) is 0 Å². The van der Waals surface area contributed by atoms with Gasteiger partial charge >= 0.3 is 0 Å². The Bertz CT molecular complexity index is 898. The lowest BCUT2D eigenvalue weighted by Gasteiger charge is -2.08. The summed E-state index contributed by atoms with van der Waals surface area (Å²) in [4.78, 5) is 15.6. The normalized spacial score (nSPS) is 10.7. The highest BCUT2D eigenvalue weighted by Crippen LogP contribution is 2.23. The summed E-state index contributed by atoms with van der Waals surface area (Å²) in [5, 5.41) is 4.00. The lowest BCUT2D eigenvalue weighted by Crippen LogP contribution is -2.11. The van der Waals surface area contributed by atoms with E-state index < -0.39 is 5.91 Å². The predicted octanol–water partition coefficient (Wildman–Crippen LogP) is 3.85. The van der Waals surface area contributed by atoms with Gasteiger partial charge in [-0.1, -0.05) is 12.1 Å². The molecule has 2 aromatic carbocycles. The molecule has 3 aromatic rings. The minimum absolute atomic E-state index is 0.351. The Morgan fingerprint density at radius 2 is 2.04 bits per heavy atom. The van der Waals surface area contributed by atoms with Crippen LogP contribution < -0.4 is 11.1 Å². The Morgan fingerprint density at radius 1 is 1.22 bits per heavy atom. The lowest BCUT2D eigenvalue weighted by atomic mass is 10.1. The topological polar surface area (TPSA) is 68.0 Å². The largest absolute Gasteiger partial charge is 0.366 e. The van der Waals surface area contributed by atoms with Crippen molar-refractivity contribution in [3.05, 3.63) is 69.9 Å². The molecule has 4 nitrogen and oxygen atoms in total. The van der Waals surface area contributed by atoms with Gasteiger partial charge < -0.3 is 11.1 Å². The average Bonchev–Trinajstić information content (AvgIpc) is 2.54. The molecule has 3 N–H and O–H groups in total. The second kappa shape index (κ2) is 6.34. The molecule has 0 radical (unpaired) electrons. The summed E-state index contributed by atoms with van der Waals surface area (Å²) in [6.07, 6.45) is 0. The van der Waals surface area contributed by atoms with Gasteiger partial charge in [0.1, 0.15) is 11.6 Å². The molecule has 1 amide bonds. The molecule has 1 aromatic heterocycles. The molecule has 1 heterocycles. The van der Waals surface area contributed by atoms with Gasteiger partial charge in [0, 0.05) is 23.6 Å². The molecule has 23 heavy (non-hydrogen) atoms. The van der Waals surface area contributed by atoms with Crippen molar-refractivity contribution in [3.8, 4) is 0 Å². The van der Waals surface area contributed by atoms with Crippen molar-refractivity contribution in [1.82, 2.24) is 4.98 Å². The fraction of sp³-hybridized carbons (Fsp3) is 0.0588. The number of nitrogens with one attached hydrogen (secondary N) is 1. The van der Waals surface area contributed by atoms with Crippen LogP contribution in [0.4, 0.5) is 10.2 Å². The number of hydrogen-bond donors (Lipinski definition) is 2. The predicted molar refractivity (Wildman–Crippen MR) is 91.7 cm³/mol. The Morgan fingerprint density at radius 3 is 2.83 bits per heavy atom. The number of halogens is 2. The van der Waals surface area contributed by atoms with Gasteiger partial charge in [-0.05, 0) is 51.8 Å². The highest BCUT2D eigenvalue weighted by atomic mass is 79.9. The number of fused-ring (bicyclic) bond motifs is 1. The summed E-state index contributed by atoms with van der Waals surface area (Å²) >= 11 is 3.16. The maximum absolute atomic E-state index is 13.6. The number of nitrogens with two attached hydrogens (primary N) is 1. The number of carbonyl (C=O) groups excluding carboxylic acids is 1. The van der Waals surface area contributed by atoms with E-state index in [0.29, 0.717) is 27.9 Å². The third kappa shape index (κ3) is 3.48. The molecule has 0 bridgehead atoms. The van der Waals surface area contributed by atoms with E-state index in [9.17, 15) is 9.18 Å². The second-order valence-corrected chi connectivity index (χ2v) is 5.93. The van der Waals surface area contributed by atoms with Crippen LogP contribution in [0.2, 0.25) is 0 Å². The Labute approximate surface area is 140 Å². The number of nitrogens with zero attached hydrogens (tertiary/aromatic N) is 1. The van der Waals surface area contributed by atoms with E-state index in [2.05, 4.69) is 26.2 Å². The monoisotopic (exact) mass is 373 g/mol. The van der Waals surface area contributed by atoms with E-state index >= 15 is 0 Å². The number of rotatable bonds is 4. The van der Waals surface area contributed by atoms with Crippen molar-refractivity contribution in [3.63, 3.8) is 0 Å². The van der Waals surface area contributed by atoms with Crippen molar-refractivity contribution >= 4 is 38.6 Å². The van der Waals surface area contributed by atoms with Crippen LogP contribution >= 0.6 is 15.9 Å². The van der Waals surface area contributed by atoms with E-state index in [1.165, 1.54) is 6.07 Å². The van der Waals surface area contributed by atoms with Crippen molar-refractivity contribution < 1.29 is 9.18 Å². The number of carbonyl (C=O) groups is 1. The zero-order valence-electron chi connectivity index (χ0n) is 12.0. The number of primary amides is 1. The molecule has 0 aliphatic rings. The number of pyridine rings is 1. The van der Waals surface area contributed by atoms with Crippen molar-refractivity contribution in [1.29, 1.82) is 0 Å². The molecule has 0 fully saturated rings. The van der Waals surface area contributed by atoms with E-state index in [1.54, 1.807) is 24.3 Å². The van der Waals surface area contributed by atoms with Gasteiger partial charge in [-0.2, -0.15) is 0 Å². The molecule has 0 aliphatic heterocycles. The summed E-state index contributed by atoms with van der Waals surface area (Å²) < 4.78 is 14.0. The van der Waals surface area contributed by atoms with E-state index in [1.807, 2.05) is 18.2 Å². The first-order valence-corrected chi connectivity index (χ1v) is 7.70. The number of amides is 1. The van der Waals surface area contributed by atoms with Crippen LogP contribution in [0, 0.1) is 5.82 Å². The fourth-order valence-corrected chi connectivity index (χ4v) is 2.60. The molecular formula is C17H13BrFN3O. The average molecular weight is 374 g/mol. The first kappa shape index (κ1) is 15.4. The van der Waals surface area contributed by atoms with Crippen LogP contribution in [0.15, 0.2) is 53.0 Å². The van der Waals surface area contributed by atoms with Gasteiger partial charge in [-0.3, -0.25) is 4.79 Å². The van der Waals surface area contributed by atoms with Crippen LogP contribution in [-0.4, -0.2) is 10.9 Å². The zero-order valence-corrected chi connectivity index (χ0v) is 13.6. The lowest BCUT2D eigenvalue weighted by molar-refractivity contribution is 0.1000. The summed E-state index contributed by atoms with van der Waals surface area (Å²) in [5.74, 6) is -0.184. The minimum Gasteiger partial charge on any atom is -0.366 e. The summed E-state index contributed by atoms with van der Waals surface area (Å²) in [6.45, 7) is 0.485. The van der Waals surface area contributed by atoms with Gasteiger partial charge in [-0.25, -0.2) is 9.37 Å². The van der Waals surface area contributed by atoms with Crippen LogP contribution in [0.1, 0.15) is 15.9 Å². The third-order valence-electron chi connectivity index (χ3n) is 3.42. The molecule has 0 aliphatic carbocycles. The number of benzene rings is 2. The first-order valence-electron chi connectivity index (χ1n) is 6.91. The van der Waals surface area contributed by atoms with Crippen molar-refractivity contribution in [2.24, 2.45) is 5.73 Å². The van der Waals surface area contributed by atoms with Gasteiger partial charge in [0.2, 0.25) is 5.91 Å². The number of hydrogen-bond acceptors (Lipinski definition) is 3. The highest BCUT2D eigenvalue weighted by molar-refractivity contribution is 9.10. The van der Waals surface area contributed by atoms with E-state index in [4.69, 9.17) is 5.73 Å². The van der Waals surface area contributed by atoms with Gasteiger partial charge in [0.25, 0.3) is 0 Å². The maximum Gasteiger partial charge on any atom is 0.248 e. The molecule has 0 atom stereocenters. The maximum atomic E-state index is 13.6. The van der Waals surface area contributed by atoms with Crippen LogP contribution in [0.3, 0.4) is 0 Å². The molecule has 0 saturated heterocycles. The first-order chi connectivity index (χ1) is 11.0. The second-order valence-electron chi connectivity index (χ2n) is 5.07. The van der Waals surface area contributed by atoms with Crippen molar-refractivity contribution in [2.45, 2.75) is 6.54 Å². The smallest absolute Gasteiger partial charge is 0.248 e. The minimum atomic E-state index is -0.461. The number of aromatic nitrogens is 1. The molecule has 0 spiro atoms. The van der Waals surface area contributed by atoms with Crippen LogP contribution in [0.5, 0.6) is 0 Å². The molecule has 116 valence electrons. The Balaban J connectivity index is 1.80. The Kier molecular flexibility index (Phi) is 4.25. The standard InChI is InChI=1S/C17H13BrFN3O/c18-13-7-11-4-5-16(22-15(11)8-14(13)19)21-9-10-2-1-3-12(6-10)17(20)23/h1-8H,9H2,(H2,20,23)(H,21,22). The molecule has 0 unspecified atom stereocenters. The molecular weight excluding hydrogens is 361 g/mol. The SMILES string of the molecule is NC(=O)c1cccc(CNc2ccc3cc(Br)c(F)cc3n2)c1. The molecule has 6 heteroatoms. The van der Waals surface area contributed by atoms with E-state index in [-0.39, 0.29) is 5.82 Å². The fourth-order valence-electron chi connectivity index (χ4n) is 2.24. The highest BCUT2D eigenvalue weighted by Gasteiger charge is 2.05. The third-order valence-corrected chi connectivity index (χ3v) is 4.02. The Hall–Kier alpha value is -2.47. The number of anilines is 1. The zero-order chi connectivity index (χ0) is 16.4.